The van der Waals surface area contributed by atoms with Crippen molar-refractivity contribution >= 4 is 5.96 Å². The third kappa shape index (κ3) is 5.92. The summed E-state index contributed by atoms with van der Waals surface area (Å²) in [7, 11) is 1.76. The van der Waals surface area contributed by atoms with E-state index < -0.39 is 0 Å². The smallest absolute Gasteiger partial charge is 0.191 e. The van der Waals surface area contributed by atoms with Gasteiger partial charge in [0.1, 0.15) is 18.1 Å². The Labute approximate surface area is 160 Å². The molecule has 5 heteroatoms. The maximum Gasteiger partial charge on any atom is 0.191 e. The van der Waals surface area contributed by atoms with Crippen molar-refractivity contribution < 1.29 is 9.15 Å². The molecule has 0 amide bonds. The van der Waals surface area contributed by atoms with Gasteiger partial charge >= 0.3 is 0 Å². The Balaban J connectivity index is 1.50. The molecule has 0 spiro atoms. The van der Waals surface area contributed by atoms with Crippen molar-refractivity contribution in [2.45, 2.75) is 19.6 Å². The molecule has 0 fully saturated rings. The Morgan fingerprint density at radius 2 is 1.78 bits per heavy atom. The first-order valence-electron chi connectivity index (χ1n) is 9.06. The SMILES string of the molecule is CN=C(NCCc1ccco1)NCc1ccccc1OCc1ccccc1. The number of guanidine groups is 1. The van der Waals surface area contributed by atoms with Gasteiger partial charge in [0.05, 0.1) is 6.26 Å². The predicted molar refractivity (Wildman–Crippen MR) is 108 cm³/mol. The zero-order chi connectivity index (χ0) is 18.7. The zero-order valence-corrected chi connectivity index (χ0v) is 15.5. The molecule has 1 aromatic heterocycles. The number of hydrogen-bond donors (Lipinski definition) is 2. The Kier molecular flexibility index (Phi) is 6.92. The van der Waals surface area contributed by atoms with Crippen LogP contribution in [0.25, 0.3) is 0 Å². The fraction of sp³-hybridized carbons (Fsp3) is 0.227. The second kappa shape index (κ2) is 10.1. The predicted octanol–water partition coefficient (Wildman–Crippen LogP) is 3.77. The molecule has 0 saturated carbocycles. The summed E-state index contributed by atoms with van der Waals surface area (Å²) in [6, 6.07) is 22.1. The van der Waals surface area contributed by atoms with E-state index in [0.717, 1.165) is 41.6 Å². The average molecular weight is 363 g/mol. The summed E-state index contributed by atoms with van der Waals surface area (Å²) in [5.74, 6) is 2.58. The number of para-hydroxylation sites is 1. The van der Waals surface area contributed by atoms with Gasteiger partial charge in [0.15, 0.2) is 5.96 Å². The Bertz CT molecular complexity index is 830. The van der Waals surface area contributed by atoms with E-state index in [4.69, 9.17) is 9.15 Å². The van der Waals surface area contributed by atoms with Gasteiger partial charge < -0.3 is 19.8 Å². The number of rotatable bonds is 8. The van der Waals surface area contributed by atoms with Crippen LogP contribution in [-0.2, 0) is 19.6 Å². The molecule has 2 N–H and O–H groups in total. The first kappa shape index (κ1) is 18.6. The molecule has 0 aliphatic carbocycles. The highest BCUT2D eigenvalue weighted by Gasteiger charge is 2.05. The Morgan fingerprint density at radius 3 is 2.56 bits per heavy atom. The molecule has 0 saturated heterocycles. The largest absolute Gasteiger partial charge is 0.489 e. The van der Waals surface area contributed by atoms with Crippen molar-refractivity contribution in [3.8, 4) is 5.75 Å². The van der Waals surface area contributed by atoms with Crippen LogP contribution in [0.2, 0.25) is 0 Å². The van der Waals surface area contributed by atoms with Crippen molar-refractivity contribution in [1.82, 2.24) is 10.6 Å². The van der Waals surface area contributed by atoms with Gasteiger partial charge in [-0.2, -0.15) is 0 Å². The third-order valence-corrected chi connectivity index (χ3v) is 4.12. The molecular formula is C22H25N3O2. The number of benzene rings is 2. The van der Waals surface area contributed by atoms with Crippen molar-refractivity contribution in [3.63, 3.8) is 0 Å². The molecule has 0 atom stereocenters. The van der Waals surface area contributed by atoms with Crippen LogP contribution in [0, 0.1) is 0 Å². The lowest BCUT2D eigenvalue weighted by molar-refractivity contribution is 0.302. The van der Waals surface area contributed by atoms with Crippen LogP contribution in [0.5, 0.6) is 5.75 Å². The van der Waals surface area contributed by atoms with E-state index >= 15 is 0 Å². The highest BCUT2D eigenvalue weighted by atomic mass is 16.5. The first-order valence-corrected chi connectivity index (χ1v) is 9.06. The Hall–Kier alpha value is -3.21. The summed E-state index contributed by atoms with van der Waals surface area (Å²) in [6.45, 7) is 1.93. The van der Waals surface area contributed by atoms with E-state index in [-0.39, 0.29) is 0 Å². The molecule has 27 heavy (non-hydrogen) atoms. The molecule has 0 aliphatic rings. The summed E-state index contributed by atoms with van der Waals surface area (Å²) in [5.41, 5.74) is 2.23. The van der Waals surface area contributed by atoms with Gasteiger partial charge in [-0.1, -0.05) is 48.5 Å². The zero-order valence-electron chi connectivity index (χ0n) is 15.5. The number of furan rings is 1. The van der Waals surface area contributed by atoms with Crippen LogP contribution >= 0.6 is 0 Å². The fourth-order valence-corrected chi connectivity index (χ4v) is 2.68. The van der Waals surface area contributed by atoms with Crippen molar-refractivity contribution in [1.29, 1.82) is 0 Å². The summed E-state index contributed by atoms with van der Waals surface area (Å²) in [4.78, 5) is 4.27. The molecular weight excluding hydrogens is 338 g/mol. The second-order valence-electron chi connectivity index (χ2n) is 6.06. The van der Waals surface area contributed by atoms with Gasteiger partial charge in [0, 0.05) is 32.1 Å². The maximum absolute atomic E-state index is 6.01. The molecule has 1 heterocycles. The number of ether oxygens (including phenoxy) is 1. The molecule has 0 unspecified atom stereocenters. The van der Waals surface area contributed by atoms with Gasteiger partial charge in [-0.25, -0.2) is 0 Å². The van der Waals surface area contributed by atoms with Gasteiger partial charge in [-0.05, 0) is 23.8 Å². The average Bonchev–Trinajstić information content (AvgIpc) is 3.24. The second-order valence-corrected chi connectivity index (χ2v) is 6.06. The highest BCUT2D eigenvalue weighted by molar-refractivity contribution is 5.79. The van der Waals surface area contributed by atoms with Gasteiger partial charge in [-0.15, -0.1) is 0 Å². The highest BCUT2D eigenvalue weighted by Crippen LogP contribution is 2.19. The van der Waals surface area contributed by atoms with E-state index in [9.17, 15) is 0 Å². The number of nitrogens with one attached hydrogen (secondary N) is 2. The van der Waals surface area contributed by atoms with Gasteiger partial charge in [0.25, 0.3) is 0 Å². The normalized spacial score (nSPS) is 11.2. The molecule has 2 aromatic carbocycles. The standard InChI is InChI=1S/C22H25N3O2/c1-23-22(24-14-13-20-11-7-15-26-20)25-16-19-10-5-6-12-21(19)27-17-18-8-3-2-4-9-18/h2-12,15H,13-14,16-17H2,1H3,(H2,23,24,25). The molecule has 0 bridgehead atoms. The molecule has 0 aliphatic heterocycles. The number of aliphatic imine (C=N–C) groups is 1. The van der Waals surface area contributed by atoms with Crippen molar-refractivity contribution in [2.75, 3.05) is 13.6 Å². The minimum Gasteiger partial charge on any atom is -0.489 e. The minimum absolute atomic E-state index is 0.550. The van der Waals surface area contributed by atoms with E-state index in [1.807, 2.05) is 48.5 Å². The van der Waals surface area contributed by atoms with Crippen LogP contribution < -0.4 is 15.4 Å². The summed E-state index contributed by atoms with van der Waals surface area (Å²) in [5, 5.41) is 6.63. The van der Waals surface area contributed by atoms with Gasteiger partial charge in [0.2, 0.25) is 0 Å². The third-order valence-electron chi connectivity index (χ3n) is 4.12. The summed E-state index contributed by atoms with van der Waals surface area (Å²) >= 11 is 0. The quantitative estimate of drug-likeness (QED) is 0.472. The van der Waals surface area contributed by atoms with E-state index in [2.05, 4.69) is 33.8 Å². The summed E-state index contributed by atoms with van der Waals surface area (Å²) < 4.78 is 11.3. The maximum atomic E-state index is 6.01. The van der Waals surface area contributed by atoms with E-state index in [0.29, 0.717) is 13.2 Å². The van der Waals surface area contributed by atoms with Gasteiger partial charge in [-0.3, -0.25) is 4.99 Å². The number of hydrogen-bond acceptors (Lipinski definition) is 3. The van der Waals surface area contributed by atoms with Crippen molar-refractivity contribution in [2.24, 2.45) is 4.99 Å². The topological polar surface area (TPSA) is 58.8 Å². The molecule has 140 valence electrons. The lowest BCUT2D eigenvalue weighted by Gasteiger charge is -2.15. The van der Waals surface area contributed by atoms with Crippen molar-refractivity contribution in [3.05, 3.63) is 89.9 Å². The van der Waals surface area contributed by atoms with Crippen LogP contribution in [0.4, 0.5) is 0 Å². The van der Waals surface area contributed by atoms with E-state index in [1.165, 1.54) is 0 Å². The molecule has 3 aromatic rings. The minimum atomic E-state index is 0.550. The van der Waals surface area contributed by atoms with Crippen LogP contribution in [-0.4, -0.2) is 19.6 Å². The summed E-state index contributed by atoms with van der Waals surface area (Å²) in [6.07, 6.45) is 2.50. The van der Waals surface area contributed by atoms with E-state index in [1.54, 1.807) is 13.3 Å². The molecule has 3 rings (SSSR count). The van der Waals surface area contributed by atoms with Crippen LogP contribution in [0.1, 0.15) is 16.9 Å². The van der Waals surface area contributed by atoms with Crippen LogP contribution in [0.3, 0.4) is 0 Å². The molecule has 5 nitrogen and oxygen atoms in total. The Morgan fingerprint density at radius 1 is 0.963 bits per heavy atom. The lowest BCUT2D eigenvalue weighted by Crippen LogP contribution is -2.37. The number of nitrogens with zero attached hydrogens (tertiary/aromatic N) is 1. The first-order chi connectivity index (χ1) is 13.3. The fourth-order valence-electron chi connectivity index (χ4n) is 2.68. The monoisotopic (exact) mass is 363 g/mol. The van der Waals surface area contributed by atoms with Crippen LogP contribution in [0.15, 0.2) is 82.4 Å². The lowest BCUT2D eigenvalue weighted by atomic mass is 10.2. The molecule has 0 radical (unpaired) electrons.